The summed E-state index contributed by atoms with van der Waals surface area (Å²) in [6.07, 6.45) is 5.06. The first-order valence-electron chi connectivity index (χ1n) is 7.50. The number of methoxy groups -OCH3 is 1. The summed E-state index contributed by atoms with van der Waals surface area (Å²) < 4.78 is 16.9. The highest BCUT2D eigenvalue weighted by Crippen LogP contribution is 2.29. The number of nitrogens with one attached hydrogen (secondary N) is 1. The normalized spacial score (nSPS) is 21.9. The minimum atomic E-state index is 0.230. The van der Waals surface area contributed by atoms with E-state index in [1.807, 2.05) is 6.07 Å². The van der Waals surface area contributed by atoms with Gasteiger partial charge >= 0.3 is 0 Å². The SMILES string of the molecule is COc1ccc(CNC2CC2)cc1OCC1CCCO1. The van der Waals surface area contributed by atoms with E-state index in [0.717, 1.165) is 37.5 Å². The van der Waals surface area contributed by atoms with Crippen LogP contribution in [0.4, 0.5) is 0 Å². The Labute approximate surface area is 120 Å². The van der Waals surface area contributed by atoms with Crippen molar-refractivity contribution in [2.45, 2.75) is 44.4 Å². The zero-order chi connectivity index (χ0) is 13.8. The van der Waals surface area contributed by atoms with Gasteiger partial charge in [0.2, 0.25) is 0 Å². The Kier molecular flexibility index (Phi) is 4.43. The van der Waals surface area contributed by atoms with Crippen molar-refractivity contribution in [2.24, 2.45) is 0 Å². The minimum Gasteiger partial charge on any atom is -0.493 e. The maximum absolute atomic E-state index is 5.90. The number of hydrogen-bond acceptors (Lipinski definition) is 4. The molecular formula is C16H23NO3. The van der Waals surface area contributed by atoms with Gasteiger partial charge in [-0.25, -0.2) is 0 Å². The Hall–Kier alpha value is -1.26. The largest absolute Gasteiger partial charge is 0.493 e. The lowest BCUT2D eigenvalue weighted by atomic mass is 10.2. The second-order valence-electron chi connectivity index (χ2n) is 5.59. The first kappa shape index (κ1) is 13.7. The van der Waals surface area contributed by atoms with Gasteiger partial charge in [-0.05, 0) is 43.4 Å². The van der Waals surface area contributed by atoms with Gasteiger partial charge < -0.3 is 19.5 Å². The third kappa shape index (κ3) is 3.64. The molecule has 110 valence electrons. The molecule has 1 aliphatic carbocycles. The van der Waals surface area contributed by atoms with Gasteiger partial charge in [0.05, 0.1) is 13.2 Å². The predicted octanol–water partition coefficient (Wildman–Crippen LogP) is 2.51. The third-order valence-electron chi connectivity index (χ3n) is 3.85. The van der Waals surface area contributed by atoms with E-state index in [1.165, 1.54) is 18.4 Å². The first-order chi connectivity index (χ1) is 9.85. The Balaban J connectivity index is 1.60. The van der Waals surface area contributed by atoms with E-state index < -0.39 is 0 Å². The molecule has 2 aliphatic rings. The van der Waals surface area contributed by atoms with Gasteiger partial charge in [-0.3, -0.25) is 0 Å². The average molecular weight is 277 g/mol. The fourth-order valence-electron chi connectivity index (χ4n) is 2.45. The van der Waals surface area contributed by atoms with Crippen LogP contribution in [0.5, 0.6) is 11.5 Å². The summed E-state index contributed by atoms with van der Waals surface area (Å²) in [5.74, 6) is 1.61. The van der Waals surface area contributed by atoms with Crippen LogP contribution in [0.2, 0.25) is 0 Å². The van der Waals surface area contributed by atoms with E-state index in [2.05, 4.69) is 17.4 Å². The van der Waals surface area contributed by atoms with Crippen molar-refractivity contribution >= 4 is 0 Å². The van der Waals surface area contributed by atoms with Crippen LogP contribution in [-0.2, 0) is 11.3 Å². The second kappa shape index (κ2) is 6.46. The van der Waals surface area contributed by atoms with Crippen molar-refractivity contribution in [3.63, 3.8) is 0 Å². The van der Waals surface area contributed by atoms with Gasteiger partial charge in [-0.15, -0.1) is 0 Å². The third-order valence-corrected chi connectivity index (χ3v) is 3.85. The predicted molar refractivity (Wildman–Crippen MR) is 77.3 cm³/mol. The number of hydrogen-bond donors (Lipinski definition) is 1. The number of ether oxygens (including phenoxy) is 3. The fraction of sp³-hybridized carbons (Fsp3) is 0.625. The molecule has 4 heteroatoms. The van der Waals surface area contributed by atoms with E-state index in [4.69, 9.17) is 14.2 Å². The molecule has 0 aromatic heterocycles. The summed E-state index contributed by atoms with van der Waals surface area (Å²) in [6, 6.07) is 6.86. The summed E-state index contributed by atoms with van der Waals surface area (Å²) in [7, 11) is 1.68. The van der Waals surface area contributed by atoms with Crippen LogP contribution in [0.25, 0.3) is 0 Å². The molecule has 1 aliphatic heterocycles. The standard InChI is InChI=1S/C16H23NO3/c1-18-15-7-4-12(10-17-13-5-6-13)9-16(15)20-11-14-3-2-8-19-14/h4,7,9,13-14,17H,2-3,5-6,8,10-11H2,1H3. The molecule has 0 amide bonds. The van der Waals surface area contributed by atoms with Crippen molar-refractivity contribution < 1.29 is 14.2 Å². The zero-order valence-corrected chi connectivity index (χ0v) is 12.1. The minimum absolute atomic E-state index is 0.230. The summed E-state index contributed by atoms with van der Waals surface area (Å²) >= 11 is 0. The van der Waals surface area contributed by atoms with Crippen LogP contribution in [0.15, 0.2) is 18.2 Å². The van der Waals surface area contributed by atoms with Crippen molar-refractivity contribution in [2.75, 3.05) is 20.3 Å². The maximum Gasteiger partial charge on any atom is 0.161 e. The van der Waals surface area contributed by atoms with Crippen molar-refractivity contribution in [1.82, 2.24) is 5.32 Å². The van der Waals surface area contributed by atoms with Gasteiger partial charge in [-0.1, -0.05) is 6.07 Å². The van der Waals surface area contributed by atoms with Gasteiger partial charge in [0.15, 0.2) is 11.5 Å². The Morgan fingerprint density at radius 3 is 2.85 bits per heavy atom. The van der Waals surface area contributed by atoms with Gasteiger partial charge in [-0.2, -0.15) is 0 Å². The Bertz CT molecular complexity index is 439. The molecule has 4 nitrogen and oxygen atoms in total. The van der Waals surface area contributed by atoms with Crippen molar-refractivity contribution in [3.8, 4) is 11.5 Å². The fourth-order valence-corrected chi connectivity index (χ4v) is 2.45. The van der Waals surface area contributed by atoms with Crippen LogP contribution in [-0.4, -0.2) is 32.5 Å². The second-order valence-corrected chi connectivity index (χ2v) is 5.59. The van der Waals surface area contributed by atoms with E-state index in [1.54, 1.807) is 7.11 Å². The lowest BCUT2D eigenvalue weighted by molar-refractivity contribution is 0.0669. The lowest BCUT2D eigenvalue weighted by Gasteiger charge is -2.15. The van der Waals surface area contributed by atoms with Gasteiger partial charge in [0.25, 0.3) is 0 Å². The smallest absolute Gasteiger partial charge is 0.161 e. The van der Waals surface area contributed by atoms with Crippen LogP contribution < -0.4 is 14.8 Å². The van der Waals surface area contributed by atoms with E-state index in [-0.39, 0.29) is 6.10 Å². The molecule has 0 radical (unpaired) electrons. The highest BCUT2D eigenvalue weighted by atomic mass is 16.5. The highest BCUT2D eigenvalue weighted by molar-refractivity contribution is 5.43. The molecule has 1 unspecified atom stereocenters. The molecule has 1 heterocycles. The molecule has 1 saturated heterocycles. The summed E-state index contributed by atoms with van der Waals surface area (Å²) in [4.78, 5) is 0. The van der Waals surface area contributed by atoms with Crippen LogP contribution in [0.3, 0.4) is 0 Å². The molecule has 1 aromatic carbocycles. The van der Waals surface area contributed by atoms with E-state index in [0.29, 0.717) is 12.6 Å². The quantitative estimate of drug-likeness (QED) is 0.831. The van der Waals surface area contributed by atoms with E-state index >= 15 is 0 Å². The van der Waals surface area contributed by atoms with E-state index in [9.17, 15) is 0 Å². The monoisotopic (exact) mass is 277 g/mol. The molecular weight excluding hydrogens is 254 g/mol. The zero-order valence-electron chi connectivity index (χ0n) is 12.1. The van der Waals surface area contributed by atoms with Crippen LogP contribution in [0.1, 0.15) is 31.2 Å². The van der Waals surface area contributed by atoms with Gasteiger partial charge in [0, 0.05) is 19.2 Å². The Morgan fingerprint density at radius 1 is 1.25 bits per heavy atom. The first-order valence-corrected chi connectivity index (χ1v) is 7.50. The van der Waals surface area contributed by atoms with Gasteiger partial charge in [0.1, 0.15) is 6.61 Å². The molecule has 3 rings (SSSR count). The molecule has 1 saturated carbocycles. The molecule has 0 bridgehead atoms. The molecule has 1 atom stereocenters. The average Bonchev–Trinajstić information content (AvgIpc) is 3.17. The topological polar surface area (TPSA) is 39.7 Å². The summed E-state index contributed by atoms with van der Waals surface area (Å²) in [5, 5.41) is 3.51. The Morgan fingerprint density at radius 2 is 2.15 bits per heavy atom. The lowest BCUT2D eigenvalue weighted by Crippen LogP contribution is -2.17. The molecule has 1 aromatic rings. The molecule has 2 fully saturated rings. The molecule has 1 N–H and O–H groups in total. The van der Waals surface area contributed by atoms with Crippen molar-refractivity contribution in [1.29, 1.82) is 0 Å². The molecule has 20 heavy (non-hydrogen) atoms. The number of rotatable bonds is 7. The summed E-state index contributed by atoms with van der Waals surface area (Å²) in [6.45, 7) is 2.36. The maximum atomic E-state index is 5.90. The summed E-state index contributed by atoms with van der Waals surface area (Å²) in [5.41, 5.74) is 1.24. The number of benzene rings is 1. The highest BCUT2D eigenvalue weighted by Gasteiger charge is 2.20. The molecule has 0 spiro atoms. The van der Waals surface area contributed by atoms with Crippen LogP contribution in [0, 0.1) is 0 Å². The van der Waals surface area contributed by atoms with Crippen molar-refractivity contribution in [3.05, 3.63) is 23.8 Å². The van der Waals surface area contributed by atoms with Crippen LogP contribution >= 0.6 is 0 Å².